The van der Waals surface area contributed by atoms with Crippen LogP contribution < -0.4 is 9.47 Å². The van der Waals surface area contributed by atoms with E-state index < -0.39 is 0 Å². The predicted octanol–water partition coefficient (Wildman–Crippen LogP) is 5.27. The molecule has 1 aromatic heterocycles. The molecule has 1 saturated heterocycles. The first-order valence-electron chi connectivity index (χ1n) is 10.2. The lowest BCUT2D eigenvalue weighted by molar-refractivity contribution is 0.0616. The Morgan fingerprint density at radius 3 is 2.80 bits per heavy atom. The van der Waals surface area contributed by atoms with Crippen LogP contribution in [0.25, 0.3) is 10.8 Å². The first-order chi connectivity index (χ1) is 14.7. The SMILES string of the molecule is COc1ccc2ccc(OCCC3CCCCN3C(=O)OCc3cscn3)cc2c1. The summed E-state index contributed by atoms with van der Waals surface area (Å²) < 4.78 is 16.8. The van der Waals surface area contributed by atoms with E-state index in [4.69, 9.17) is 14.2 Å². The molecule has 7 heteroatoms. The number of carbonyl (C=O) groups is 1. The standard InChI is InChI=1S/C23H26N2O4S/c1-27-21-7-5-17-6-8-22(13-18(17)12-21)28-11-9-20-4-2-3-10-25(20)23(26)29-14-19-15-30-16-24-19/h5-8,12-13,15-16,20H,2-4,9-11,14H2,1H3. The predicted molar refractivity (Wildman–Crippen MR) is 117 cm³/mol. The first-order valence-corrected chi connectivity index (χ1v) is 11.2. The molecule has 0 spiro atoms. The molecule has 4 rings (SSSR count). The molecule has 0 saturated carbocycles. The maximum Gasteiger partial charge on any atom is 0.410 e. The van der Waals surface area contributed by atoms with Crippen molar-refractivity contribution in [2.45, 2.75) is 38.3 Å². The number of amides is 1. The Balaban J connectivity index is 1.32. The molecule has 0 N–H and O–H groups in total. The molecule has 1 atom stereocenters. The van der Waals surface area contributed by atoms with E-state index >= 15 is 0 Å². The van der Waals surface area contributed by atoms with E-state index in [2.05, 4.69) is 4.98 Å². The quantitative estimate of drug-likeness (QED) is 0.515. The van der Waals surface area contributed by atoms with Gasteiger partial charge in [-0.3, -0.25) is 0 Å². The van der Waals surface area contributed by atoms with Crippen LogP contribution in [-0.2, 0) is 11.3 Å². The zero-order chi connectivity index (χ0) is 20.8. The van der Waals surface area contributed by atoms with Crippen molar-refractivity contribution in [3.63, 3.8) is 0 Å². The minimum atomic E-state index is -0.259. The van der Waals surface area contributed by atoms with Crippen molar-refractivity contribution in [1.82, 2.24) is 9.88 Å². The van der Waals surface area contributed by atoms with Crippen LogP contribution in [0.4, 0.5) is 4.79 Å². The fourth-order valence-electron chi connectivity index (χ4n) is 3.80. The number of ether oxygens (including phenoxy) is 3. The van der Waals surface area contributed by atoms with Gasteiger partial charge in [-0.1, -0.05) is 12.1 Å². The second kappa shape index (κ2) is 9.80. The molecule has 2 aromatic carbocycles. The number of piperidine rings is 1. The van der Waals surface area contributed by atoms with Gasteiger partial charge in [0.25, 0.3) is 0 Å². The minimum Gasteiger partial charge on any atom is -0.497 e. The van der Waals surface area contributed by atoms with Gasteiger partial charge in [0, 0.05) is 24.4 Å². The van der Waals surface area contributed by atoms with Gasteiger partial charge in [-0.25, -0.2) is 9.78 Å². The number of fused-ring (bicyclic) bond motifs is 1. The Kier molecular flexibility index (Phi) is 6.69. The van der Waals surface area contributed by atoms with E-state index in [0.717, 1.165) is 60.2 Å². The Morgan fingerprint density at radius 2 is 2.00 bits per heavy atom. The molecular formula is C23H26N2O4S. The topological polar surface area (TPSA) is 60.9 Å². The molecule has 6 nitrogen and oxygen atoms in total. The maximum atomic E-state index is 12.6. The summed E-state index contributed by atoms with van der Waals surface area (Å²) in [6, 6.07) is 12.2. The number of carbonyl (C=O) groups excluding carboxylic acids is 1. The van der Waals surface area contributed by atoms with Crippen molar-refractivity contribution in [1.29, 1.82) is 0 Å². The van der Waals surface area contributed by atoms with Crippen molar-refractivity contribution in [2.75, 3.05) is 20.3 Å². The van der Waals surface area contributed by atoms with Gasteiger partial charge in [0.05, 0.1) is 24.9 Å². The molecular weight excluding hydrogens is 400 g/mol. The summed E-state index contributed by atoms with van der Waals surface area (Å²) >= 11 is 1.50. The van der Waals surface area contributed by atoms with Crippen LogP contribution in [-0.4, -0.2) is 42.3 Å². The largest absolute Gasteiger partial charge is 0.497 e. The molecule has 1 aliphatic heterocycles. The Hall–Kier alpha value is -2.80. The summed E-state index contributed by atoms with van der Waals surface area (Å²) in [5, 5.41) is 4.12. The fourth-order valence-corrected chi connectivity index (χ4v) is 4.34. The third-order valence-electron chi connectivity index (χ3n) is 5.43. The van der Waals surface area contributed by atoms with Crippen molar-refractivity contribution < 1.29 is 19.0 Å². The molecule has 1 aliphatic rings. The minimum absolute atomic E-state index is 0.141. The number of benzene rings is 2. The van der Waals surface area contributed by atoms with Crippen LogP contribution in [0.15, 0.2) is 47.3 Å². The highest BCUT2D eigenvalue weighted by Gasteiger charge is 2.27. The van der Waals surface area contributed by atoms with Crippen molar-refractivity contribution in [3.8, 4) is 11.5 Å². The number of rotatable bonds is 7. The number of hydrogen-bond acceptors (Lipinski definition) is 6. The number of methoxy groups -OCH3 is 1. The van der Waals surface area contributed by atoms with Crippen LogP contribution in [0.2, 0.25) is 0 Å². The summed E-state index contributed by atoms with van der Waals surface area (Å²) in [6.45, 7) is 1.51. The summed E-state index contributed by atoms with van der Waals surface area (Å²) in [4.78, 5) is 18.6. The third kappa shape index (κ3) is 5.02. The van der Waals surface area contributed by atoms with Gasteiger partial charge in [0.1, 0.15) is 18.1 Å². The molecule has 158 valence electrons. The summed E-state index contributed by atoms with van der Waals surface area (Å²) in [7, 11) is 1.67. The fraction of sp³-hybridized carbons (Fsp3) is 0.391. The highest BCUT2D eigenvalue weighted by molar-refractivity contribution is 7.07. The number of likely N-dealkylation sites (tertiary alicyclic amines) is 1. The van der Waals surface area contributed by atoms with Crippen molar-refractivity contribution in [3.05, 3.63) is 53.0 Å². The molecule has 1 fully saturated rings. The van der Waals surface area contributed by atoms with Gasteiger partial charge >= 0.3 is 6.09 Å². The highest BCUT2D eigenvalue weighted by Crippen LogP contribution is 2.26. The molecule has 2 heterocycles. The monoisotopic (exact) mass is 426 g/mol. The second-order valence-corrected chi connectivity index (χ2v) is 8.11. The van der Waals surface area contributed by atoms with Crippen LogP contribution in [0.1, 0.15) is 31.4 Å². The van der Waals surface area contributed by atoms with Gasteiger partial charge in [-0.05, 0) is 54.3 Å². The van der Waals surface area contributed by atoms with Crippen molar-refractivity contribution >= 4 is 28.2 Å². The highest BCUT2D eigenvalue weighted by atomic mass is 32.1. The smallest absolute Gasteiger partial charge is 0.410 e. The van der Waals surface area contributed by atoms with E-state index in [1.54, 1.807) is 12.6 Å². The lowest BCUT2D eigenvalue weighted by atomic mass is 10.0. The van der Waals surface area contributed by atoms with Gasteiger partial charge in [0.2, 0.25) is 0 Å². The number of thiazole rings is 1. The number of hydrogen-bond donors (Lipinski definition) is 0. The zero-order valence-electron chi connectivity index (χ0n) is 17.1. The van der Waals surface area contributed by atoms with Crippen molar-refractivity contribution in [2.24, 2.45) is 0 Å². The Bertz CT molecular complexity index is 977. The average molecular weight is 427 g/mol. The first kappa shape index (κ1) is 20.5. The normalized spacial score (nSPS) is 16.4. The molecule has 0 bridgehead atoms. The molecule has 0 aliphatic carbocycles. The third-order valence-corrected chi connectivity index (χ3v) is 6.06. The molecule has 1 amide bonds. The van der Waals surface area contributed by atoms with Gasteiger partial charge in [-0.2, -0.15) is 0 Å². The van der Waals surface area contributed by atoms with Crippen LogP contribution >= 0.6 is 11.3 Å². The lowest BCUT2D eigenvalue weighted by Gasteiger charge is -2.34. The van der Waals surface area contributed by atoms with Crippen LogP contribution in [0.3, 0.4) is 0 Å². The zero-order valence-corrected chi connectivity index (χ0v) is 17.9. The number of nitrogens with zero attached hydrogens (tertiary/aromatic N) is 2. The molecule has 30 heavy (non-hydrogen) atoms. The molecule has 3 aromatic rings. The number of aromatic nitrogens is 1. The summed E-state index contributed by atoms with van der Waals surface area (Å²) in [5.41, 5.74) is 2.53. The molecule has 1 unspecified atom stereocenters. The van der Waals surface area contributed by atoms with E-state index in [9.17, 15) is 4.79 Å². The van der Waals surface area contributed by atoms with E-state index in [-0.39, 0.29) is 18.7 Å². The van der Waals surface area contributed by atoms with Gasteiger partial charge < -0.3 is 19.1 Å². The van der Waals surface area contributed by atoms with Gasteiger partial charge in [0.15, 0.2) is 0 Å². The van der Waals surface area contributed by atoms with E-state index in [1.165, 1.54) is 11.3 Å². The van der Waals surface area contributed by atoms with Crippen LogP contribution in [0.5, 0.6) is 11.5 Å². The maximum absolute atomic E-state index is 12.6. The van der Waals surface area contributed by atoms with Gasteiger partial charge in [-0.15, -0.1) is 11.3 Å². The lowest BCUT2D eigenvalue weighted by Crippen LogP contribution is -2.44. The summed E-state index contributed by atoms with van der Waals surface area (Å²) in [6.07, 6.45) is 3.63. The molecule has 0 radical (unpaired) electrons. The van der Waals surface area contributed by atoms with E-state index in [1.807, 2.05) is 46.7 Å². The second-order valence-electron chi connectivity index (χ2n) is 7.39. The average Bonchev–Trinajstić information content (AvgIpc) is 3.31. The summed E-state index contributed by atoms with van der Waals surface area (Å²) in [5.74, 6) is 1.65. The Labute approximate surface area is 180 Å². The van der Waals surface area contributed by atoms with E-state index in [0.29, 0.717) is 6.61 Å². The van der Waals surface area contributed by atoms with Crippen LogP contribution in [0, 0.1) is 0 Å². The Morgan fingerprint density at radius 1 is 1.17 bits per heavy atom.